The molecule has 26 heavy (non-hydrogen) atoms. The van der Waals surface area contributed by atoms with Gasteiger partial charge in [-0.3, -0.25) is 0 Å². The summed E-state index contributed by atoms with van der Waals surface area (Å²) in [6, 6.07) is 16.5. The first kappa shape index (κ1) is 19.6. The molecule has 0 aliphatic heterocycles. The summed E-state index contributed by atoms with van der Waals surface area (Å²) in [6.07, 6.45) is -0.402. The molecule has 0 radical (unpaired) electrons. The van der Waals surface area contributed by atoms with Crippen LogP contribution in [-0.2, 0) is 17.8 Å². The number of amides is 1. The zero-order valence-corrected chi connectivity index (χ0v) is 16.3. The van der Waals surface area contributed by atoms with Gasteiger partial charge >= 0.3 is 6.09 Å². The predicted molar refractivity (Wildman–Crippen MR) is 108 cm³/mol. The highest BCUT2D eigenvalue weighted by Gasteiger charge is 2.15. The van der Waals surface area contributed by atoms with Crippen LogP contribution in [-0.4, -0.2) is 25.8 Å². The lowest BCUT2D eigenvalue weighted by atomic mass is 10.1. The normalized spacial score (nSPS) is 11.0. The number of benzene rings is 2. The van der Waals surface area contributed by atoms with Crippen LogP contribution in [0, 0.1) is 0 Å². The standard InChI is InChI=1S/C21H29N3O2/c1-21(2,3)26-20(25)23-15-16-6-10-18(11-7-16)22-14-17-8-12-19(13-9-17)24(4)5/h6-13,22H,14-15H2,1-5H3,(H,23,25). The van der Waals surface area contributed by atoms with Crippen molar-refractivity contribution in [3.05, 3.63) is 59.7 Å². The second kappa shape index (κ2) is 8.61. The van der Waals surface area contributed by atoms with E-state index in [1.807, 2.05) is 59.1 Å². The maximum absolute atomic E-state index is 11.7. The number of nitrogens with one attached hydrogen (secondary N) is 2. The molecule has 5 nitrogen and oxygen atoms in total. The van der Waals surface area contributed by atoms with Gasteiger partial charge in [0, 0.05) is 38.6 Å². The van der Waals surface area contributed by atoms with Gasteiger partial charge in [-0.2, -0.15) is 0 Å². The molecule has 2 rings (SSSR count). The molecule has 2 N–H and O–H groups in total. The minimum atomic E-state index is -0.484. The zero-order chi connectivity index (χ0) is 19.2. The minimum Gasteiger partial charge on any atom is -0.444 e. The summed E-state index contributed by atoms with van der Waals surface area (Å²) in [5.74, 6) is 0. The van der Waals surface area contributed by atoms with Crippen LogP contribution in [0.2, 0.25) is 0 Å². The molecule has 0 saturated heterocycles. The molecule has 2 aromatic rings. The van der Waals surface area contributed by atoms with Crippen LogP contribution >= 0.6 is 0 Å². The largest absolute Gasteiger partial charge is 0.444 e. The van der Waals surface area contributed by atoms with Crippen LogP contribution in [0.5, 0.6) is 0 Å². The highest BCUT2D eigenvalue weighted by atomic mass is 16.6. The van der Waals surface area contributed by atoms with Crippen LogP contribution in [0.25, 0.3) is 0 Å². The van der Waals surface area contributed by atoms with E-state index in [1.54, 1.807) is 0 Å². The Bertz CT molecular complexity index is 702. The van der Waals surface area contributed by atoms with Gasteiger partial charge in [0.15, 0.2) is 0 Å². The molecule has 0 aliphatic carbocycles. The summed E-state index contributed by atoms with van der Waals surface area (Å²) < 4.78 is 5.23. The molecule has 0 atom stereocenters. The predicted octanol–water partition coefficient (Wildman–Crippen LogP) is 4.39. The lowest BCUT2D eigenvalue weighted by Gasteiger charge is -2.19. The summed E-state index contributed by atoms with van der Waals surface area (Å²) in [4.78, 5) is 13.8. The van der Waals surface area contributed by atoms with E-state index in [9.17, 15) is 4.79 Å². The van der Waals surface area contributed by atoms with E-state index in [0.717, 1.165) is 17.8 Å². The fourth-order valence-electron chi connectivity index (χ4n) is 2.34. The van der Waals surface area contributed by atoms with Gasteiger partial charge in [-0.1, -0.05) is 24.3 Å². The van der Waals surface area contributed by atoms with E-state index in [-0.39, 0.29) is 0 Å². The smallest absolute Gasteiger partial charge is 0.407 e. The molecule has 0 unspecified atom stereocenters. The maximum atomic E-state index is 11.7. The van der Waals surface area contributed by atoms with Crippen molar-refractivity contribution in [2.75, 3.05) is 24.3 Å². The summed E-state index contributed by atoms with van der Waals surface area (Å²) >= 11 is 0. The molecule has 140 valence electrons. The number of ether oxygens (including phenoxy) is 1. The molecule has 0 aliphatic rings. The van der Waals surface area contributed by atoms with Crippen molar-refractivity contribution in [1.29, 1.82) is 0 Å². The van der Waals surface area contributed by atoms with Crippen molar-refractivity contribution in [1.82, 2.24) is 5.32 Å². The SMILES string of the molecule is CN(C)c1ccc(CNc2ccc(CNC(=O)OC(C)(C)C)cc2)cc1. The van der Waals surface area contributed by atoms with E-state index in [1.165, 1.54) is 11.3 Å². The zero-order valence-electron chi connectivity index (χ0n) is 16.3. The monoisotopic (exact) mass is 355 g/mol. The fourth-order valence-corrected chi connectivity index (χ4v) is 2.34. The Kier molecular flexibility index (Phi) is 6.50. The number of alkyl carbamates (subject to hydrolysis) is 1. The summed E-state index contributed by atoms with van der Waals surface area (Å²) in [6.45, 7) is 6.76. The number of carbonyl (C=O) groups is 1. The van der Waals surface area contributed by atoms with Crippen molar-refractivity contribution >= 4 is 17.5 Å². The van der Waals surface area contributed by atoms with Crippen molar-refractivity contribution in [2.24, 2.45) is 0 Å². The first-order valence-electron chi connectivity index (χ1n) is 8.79. The van der Waals surface area contributed by atoms with Gasteiger partial charge in [-0.05, 0) is 56.2 Å². The third-order valence-corrected chi connectivity index (χ3v) is 3.74. The molecule has 0 fully saturated rings. The van der Waals surface area contributed by atoms with Crippen LogP contribution in [0.4, 0.5) is 16.2 Å². The third-order valence-electron chi connectivity index (χ3n) is 3.74. The second-order valence-corrected chi connectivity index (χ2v) is 7.47. The Morgan fingerprint density at radius 3 is 2.00 bits per heavy atom. The molecule has 0 aromatic heterocycles. The van der Waals surface area contributed by atoms with Crippen molar-refractivity contribution in [3.8, 4) is 0 Å². The Hall–Kier alpha value is -2.69. The lowest BCUT2D eigenvalue weighted by Crippen LogP contribution is -2.32. The molecular formula is C21H29N3O2. The Balaban J connectivity index is 1.81. The van der Waals surface area contributed by atoms with Gasteiger partial charge in [-0.15, -0.1) is 0 Å². The van der Waals surface area contributed by atoms with Crippen LogP contribution in [0.1, 0.15) is 31.9 Å². The number of rotatable bonds is 6. The van der Waals surface area contributed by atoms with Crippen LogP contribution in [0.15, 0.2) is 48.5 Å². The summed E-state index contributed by atoms with van der Waals surface area (Å²) in [7, 11) is 4.07. The first-order valence-corrected chi connectivity index (χ1v) is 8.79. The molecule has 0 spiro atoms. The van der Waals surface area contributed by atoms with Crippen molar-refractivity contribution in [3.63, 3.8) is 0 Å². The first-order chi connectivity index (χ1) is 12.2. The molecule has 5 heteroatoms. The second-order valence-electron chi connectivity index (χ2n) is 7.47. The molecule has 0 saturated carbocycles. The van der Waals surface area contributed by atoms with Crippen molar-refractivity contribution < 1.29 is 9.53 Å². The van der Waals surface area contributed by atoms with E-state index < -0.39 is 11.7 Å². The van der Waals surface area contributed by atoms with Gasteiger partial charge in [-0.25, -0.2) is 4.79 Å². The summed E-state index contributed by atoms with van der Waals surface area (Å²) in [5, 5.41) is 6.17. The topological polar surface area (TPSA) is 53.6 Å². The highest BCUT2D eigenvalue weighted by Crippen LogP contribution is 2.15. The Morgan fingerprint density at radius 2 is 1.46 bits per heavy atom. The number of hydrogen-bond donors (Lipinski definition) is 2. The molecule has 0 bridgehead atoms. The number of hydrogen-bond acceptors (Lipinski definition) is 4. The Labute approximate surface area is 156 Å². The van der Waals surface area contributed by atoms with E-state index in [0.29, 0.717) is 6.54 Å². The van der Waals surface area contributed by atoms with Gasteiger partial charge < -0.3 is 20.3 Å². The van der Waals surface area contributed by atoms with Crippen LogP contribution < -0.4 is 15.5 Å². The third kappa shape index (κ3) is 6.67. The van der Waals surface area contributed by atoms with E-state index >= 15 is 0 Å². The quantitative estimate of drug-likeness (QED) is 0.807. The van der Waals surface area contributed by atoms with Crippen molar-refractivity contribution in [2.45, 2.75) is 39.5 Å². The fraction of sp³-hybridized carbons (Fsp3) is 0.381. The highest BCUT2D eigenvalue weighted by molar-refractivity contribution is 5.67. The number of carbonyl (C=O) groups excluding carboxylic acids is 1. The minimum absolute atomic E-state index is 0.402. The van der Waals surface area contributed by atoms with Gasteiger partial charge in [0.2, 0.25) is 0 Å². The van der Waals surface area contributed by atoms with Crippen LogP contribution in [0.3, 0.4) is 0 Å². The number of anilines is 2. The molecular weight excluding hydrogens is 326 g/mol. The van der Waals surface area contributed by atoms with Gasteiger partial charge in [0.05, 0.1) is 0 Å². The number of nitrogens with zero attached hydrogens (tertiary/aromatic N) is 1. The Morgan fingerprint density at radius 1 is 0.923 bits per heavy atom. The average Bonchev–Trinajstić information content (AvgIpc) is 2.58. The van der Waals surface area contributed by atoms with Gasteiger partial charge in [0.1, 0.15) is 5.60 Å². The average molecular weight is 355 g/mol. The van der Waals surface area contributed by atoms with E-state index in [2.05, 4.69) is 39.8 Å². The lowest BCUT2D eigenvalue weighted by molar-refractivity contribution is 0.0523. The molecule has 1 amide bonds. The summed E-state index contributed by atoms with van der Waals surface area (Å²) in [5.41, 5.74) is 4.00. The molecule has 2 aromatic carbocycles. The van der Waals surface area contributed by atoms with E-state index in [4.69, 9.17) is 4.74 Å². The molecule has 0 heterocycles. The van der Waals surface area contributed by atoms with Gasteiger partial charge in [0.25, 0.3) is 0 Å². The maximum Gasteiger partial charge on any atom is 0.407 e.